The number of carbonyl (C=O) groups is 7. The quantitative estimate of drug-likeness (QED) is 0.0210. The largest absolute Gasteiger partial charge is 0.497 e. The smallest absolute Gasteiger partial charge is 0.319 e. The van der Waals surface area contributed by atoms with Crippen molar-refractivity contribution < 1.29 is 47.5 Å². The van der Waals surface area contributed by atoms with Crippen molar-refractivity contribution in [3.63, 3.8) is 0 Å². The van der Waals surface area contributed by atoms with Crippen molar-refractivity contribution in [2.45, 2.75) is 227 Å². The second-order valence-corrected chi connectivity index (χ2v) is 38.9. The maximum Gasteiger partial charge on any atom is 0.319 e. The second-order valence-electron chi connectivity index (χ2n) is 38.5. The minimum absolute atomic E-state index is 0.0294. The van der Waals surface area contributed by atoms with Gasteiger partial charge in [0, 0.05) is 85.3 Å². The lowest BCUT2D eigenvalue weighted by molar-refractivity contribution is -0.133. The number of halogens is 1. The highest BCUT2D eigenvalue weighted by molar-refractivity contribution is 6.30. The molecule has 1 unspecified atom stereocenters. The molecule has 7 aromatic carbocycles. The van der Waals surface area contributed by atoms with E-state index in [1.165, 1.54) is 57.9 Å². The number of urea groups is 2. The number of carbonyl (C=O) groups excluding carboxylic acids is 7. The molecule has 720 valence electrons. The standard InChI is InChI=1S/C31H41N5O2.2C27H35N5O3.C23H20ClN3O2/c1-36-29(38)31(35-30(36)32,16-15-22-9-4-2-5-10-22)19-23-11-8-14-27(17-23)34-28(37)26-18-25(20-33-21-26)24-12-6-3-7-13-24;1-32-24(33)27(31-25(32)28,15-14-19-8-4-3-5-9-19)18-20-10-6-11-21(16-20)29-26(34)30-22-12-7-13-23(17-22)35-2;1-32-24(33)27(31-25(32)28,16-15-19-7-4-3-5-8-19)18-20-9-6-10-22(17-20)30-26(34)29-21-11-13-23(35-2)14-12-21;24-20-6-2-4-17(12-20)16-3-1-5-19(11-16)23(18-7-8-18)21(28)27(22(25)26-23)13-15-9-10-29-14-15/h3,6-7,12-13,18,20-23,27H,2,4-5,8-11,14-17,19H2,1H3,(H2,32,35)(H,34,37);3-5,7-9,12-13,17,20-21H,6,10-11,14-16,18H2,1-2H3,(H2,28,31)(H2,29,30,34);3-5,7-8,11-14,20,22H,6,9-10,15-18H2,1-2H3,(H2,28,31)(H2,29,30,34);1-6,9-12,14,18H,7-8,13H2,(H2,25,26)/t23-,27+,31+;20-,21+,27+;20-,22+,27+;/m000./s1. The average molecular weight is 1880 g/mol. The Kier molecular flexibility index (Phi) is 32.3. The molecule has 0 spiro atoms. The van der Waals surface area contributed by atoms with E-state index in [0.717, 1.165) is 155 Å². The number of anilines is 2. The summed E-state index contributed by atoms with van der Waals surface area (Å²) in [5.41, 5.74) is 31.2. The monoisotopic (exact) mass is 1870 g/mol. The number of nitrogens with two attached hydrogens (primary N) is 4. The Hall–Kier alpha value is -13.4. The molecule has 137 heavy (non-hydrogen) atoms. The van der Waals surface area contributed by atoms with Crippen LogP contribution < -0.4 is 59.0 Å². The molecule has 0 radical (unpaired) electrons. The van der Waals surface area contributed by atoms with Crippen LogP contribution in [-0.4, -0.2) is 160 Å². The van der Waals surface area contributed by atoms with Gasteiger partial charge in [-0.15, -0.1) is 0 Å². The van der Waals surface area contributed by atoms with E-state index in [2.05, 4.69) is 55.8 Å². The van der Waals surface area contributed by atoms with Gasteiger partial charge >= 0.3 is 12.1 Å². The topological polar surface area (TPSA) is 391 Å². The lowest BCUT2D eigenvalue weighted by Gasteiger charge is -2.35. The summed E-state index contributed by atoms with van der Waals surface area (Å²) in [6, 6.07) is 64.0. The van der Waals surface area contributed by atoms with Crippen LogP contribution in [0.15, 0.2) is 249 Å². The number of likely N-dealkylation sites (N-methyl/N-ethyl adjacent to an activating group) is 3. The molecular formula is C108H131ClN18O10. The van der Waals surface area contributed by atoms with Crippen LogP contribution in [0, 0.1) is 29.6 Å². The van der Waals surface area contributed by atoms with Crippen LogP contribution in [0.25, 0.3) is 22.3 Å². The minimum Gasteiger partial charge on any atom is -0.497 e. The summed E-state index contributed by atoms with van der Waals surface area (Å²) >= 11 is 6.17. The molecule has 2 aromatic heterocycles. The van der Waals surface area contributed by atoms with Crippen molar-refractivity contribution >= 4 is 88.4 Å². The van der Waals surface area contributed by atoms with Crippen molar-refractivity contribution in [1.82, 2.24) is 40.5 Å². The van der Waals surface area contributed by atoms with E-state index >= 15 is 0 Å². The van der Waals surface area contributed by atoms with Crippen LogP contribution >= 0.6 is 11.6 Å². The SMILES string of the molecule is CN1C(=O)[C@@](CCC2CCCCC2)(C[C@H]2CCC[C@@H](NC(=O)c3cncc(-c4ccccc4)c3)C2)N=C1N.COc1ccc(NC(=O)N[C@@H]2CCC[C@H](C[C@@]3(CCc4ccccc4)N=C(N)N(C)C3=O)C2)cc1.COc1cccc(NC(=O)N[C@@H]2CCC[C@H](C[C@@]3(CCc4ccccc4)N=C(N)N(C)C3=O)C2)c1.NC1=NC(c2cccc(-c3cccc(Cl)c3)c2)(C2CC2)C(=O)N1Cc1ccoc1. The first-order valence-corrected chi connectivity index (χ1v) is 48.9. The zero-order valence-electron chi connectivity index (χ0n) is 79.3. The third-order valence-corrected chi connectivity index (χ3v) is 29.1. The van der Waals surface area contributed by atoms with Crippen molar-refractivity contribution in [2.24, 2.45) is 72.5 Å². The molecule has 0 saturated heterocycles. The molecule has 28 nitrogen and oxygen atoms in total. The normalized spacial score (nSPS) is 24.2. The summed E-state index contributed by atoms with van der Waals surface area (Å²) < 4.78 is 15.5. The summed E-state index contributed by atoms with van der Waals surface area (Å²) in [4.78, 5) is 121. The van der Waals surface area contributed by atoms with E-state index in [4.69, 9.17) is 68.4 Å². The second kappa shape index (κ2) is 45.1. The highest BCUT2D eigenvalue weighted by Gasteiger charge is 2.59. The number of methoxy groups -OCH3 is 2. The van der Waals surface area contributed by atoms with Gasteiger partial charge in [-0.3, -0.25) is 48.6 Å². The van der Waals surface area contributed by atoms with Crippen LogP contribution in [0.3, 0.4) is 0 Å². The van der Waals surface area contributed by atoms with E-state index in [1.54, 1.807) is 71.2 Å². The number of amides is 9. The van der Waals surface area contributed by atoms with Gasteiger partial charge in [0.05, 0.1) is 38.9 Å². The predicted octanol–water partition coefficient (Wildman–Crippen LogP) is 17.7. The molecule has 6 heterocycles. The van der Waals surface area contributed by atoms with Gasteiger partial charge < -0.3 is 63.4 Å². The highest BCUT2D eigenvalue weighted by Crippen LogP contribution is 2.53. The summed E-state index contributed by atoms with van der Waals surface area (Å²) in [6.07, 6.45) is 32.9. The summed E-state index contributed by atoms with van der Waals surface area (Å²) in [5, 5.41) is 15.9. The number of hydrogen-bond donors (Lipinski definition) is 9. The van der Waals surface area contributed by atoms with E-state index in [0.29, 0.717) is 84.2 Å². The molecule has 13 N–H and O–H groups in total. The third kappa shape index (κ3) is 24.5. The number of benzene rings is 7. The number of aryl methyl sites for hydroxylation is 2. The van der Waals surface area contributed by atoms with E-state index in [-0.39, 0.29) is 95.4 Å². The molecular weight excluding hydrogens is 1740 g/mol. The molecule has 29 heteroatoms. The molecule has 9 aromatic rings. The Labute approximate surface area is 808 Å². The number of rotatable bonds is 29. The summed E-state index contributed by atoms with van der Waals surface area (Å²) in [7, 11) is 8.33. The molecule has 5 saturated carbocycles. The first kappa shape index (κ1) is 98.2. The number of guanidine groups is 4. The third-order valence-electron chi connectivity index (χ3n) is 28.9. The van der Waals surface area contributed by atoms with Crippen LogP contribution in [0.5, 0.6) is 11.5 Å². The van der Waals surface area contributed by atoms with E-state index in [1.807, 2.05) is 170 Å². The number of furan rings is 1. The van der Waals surface area contributed by atoms with Gasteiger partial charge in [-0.25, -0.2) is 29.6 Å². The summed E-state index contributed by atoms with van der Waals surface area (Å²) in [5.74, 6) is 4.14. The van der Waals surface area contributed by atoms with Crippen LogP contribution in [0.1, 0.15) is 200 Å². The van der Waals surface area contributed by atoms with Gasteiger partial charge in [-0.1, -0.05) is 210 Å². The number of hydrogen-bond acceptors (Lipinski definition) is 19. The van der Waals surface area contributed by atoms with Crippen LogP contribution in [-0.2, 0) is 44.1 Å². The Morgan fingerprint density at radius 1 is 0.438 bits per heavy atom. The van der Waals surface area contributed by atoms with Crippen molar-refractivity contribution in [3.05, 3.63) is 258 Å². The Morgan fingerprint density at radius 2 is 0.927 bits per heavy atom. The molecule has 5 fully saturated rings. The first-order valence-electron chi connectivity index (χ1n) is 48.6. The first-order chi connectivity index (χ1) is 66.3. The average Bonchev–Trinajstić information content (AvgIpc) is 1.56. The molecule has 0 bridgehead atoms. The fraction of sp³-hybridized carbons (Fsp3) is 0.426. The van der Waals surface area contributed by atoms with Crippen molar-refractivity contribution in [3.8, 4) is 33.8 Å². The van der Waals surface area contributed by atoms with Gasteiger partial charge in [-0.05, 0) is 239 Å². The fourth-order valence-electron chi connectivity index (χ4n) is 21.4. The lowest BCUT2D eigenvalue weighted by atomic mass is 9.74. The van der Waals surface area contributed by atoms with Crippen LogP contribution in [0.2, 0.25) is 5.02 Å². The fourth-order valence-corrected chi connectivity index (χ4v) is 21.6. The van der Waals surface area contributed by atoms with Crippen LogP contribution in [0.4, 0.5) is 21.0 Å². The van der Waals surface area contributed by atoms with E-state index in [9.17, 15) is 33.6 Å². The van der Waals surface area contributed by atoms with Gasteiger partial charge in [0.1, 0.15) is 28.1 Å². The molecule has 4 aliphatic heterocycles. The lowest BCUT2D eigenvalue weighted by Crippen LogP contribution is -2.45. The van der Waals surface area contributed by atoms with Crippen molar-refractivity contribution in [1.29, 1.82) is 0 Å². The Bertz CT molecular complexity index is 5800. The Morgan fingerprint density at radius 3 is 1.43 bits per heavy atom. The number of pyridine rings is 1. The zero-order valence-corrected chi connectivity index (χ0v) is 80.0. The molecule has 10 atom stereocenters. The molecule has 18 rings (SSSR count). The van der Waals surface area contributed by atoms with Gasteiger partial charge in [0.25, 0.3) is 29.5 Å². The van der Waals surface area contributed by atoms with Gasteiger partial charge in [0.2, 0.25) is 0 Å². The number of aromatic nitrogens is 1. The number of nitrogens with one attached hydrogen (secondary N) is 5. The van der Waals surface area contributed by atoms with E-state index < -0.39 is 22.2 Å². The number of ether oxygens (including phenoxy) is 2. The zero-order chi connectivity index (χ0) is 96.2. The summed E-state index contributed by atoms with van der Waals surface area (Å²) in [6.45, 7) is 0.354. The Balaban J connectivity index is 0.000000139. The molecule has 9 aliphatic rings. The maximum absolute atomic E-state index is 13.6. The van der Waals surface area contributed by atoms with Crippen molar-refractivity contribution in [2.75, 3.05) is 46.0 Å². The minimum atomic E-state index is -0.956. The van der Waals surface area contributed by atoms with Gasteiger partial charge in [0.15, 0.2) is 29.4 Å². The molecule has 5 aliphatic carbocycles. The highest BCUT2D eigenvalue weighted by atomic mass is 35.5. The predicted molar refractivity (Wildman–Crippen MR) is 537 cm³/mol. The van der Waals surface area contributed by atoms with Gasteiger partial charge in [-0.2, -0.15) is 0 Å². The maximum atomic E-state index is 13.6. The molecule has 9 amide bonds. The number of aliphatic imine (C=N–C) groups is 4. The number of nitrogens with zero attached hydrogens (tertiary/aromatic N) is 9.